The summed E-state index contributed by atoms with van der Waals surface area (Å²) >= 11 is 0. The van der Waals surface area contributed by atoms with Crippen molar-refractivity contribution in [3.63, 3.8) is 0 Å². The SMILES string of the molecule is Nc1ccc(C(=O)N2CC[C@@H]3C[C@@H](C(=O)NCCc4cnc[nH]4)[C@@H]3C2)cn1.O=CO. The minimum atomic E-state index is -0.250. The van der Waals surface area contributed by atoms with Gasteiger partial charge >= 0.3 is 0 Å². The van der Waals surface area contributed by atoms with E-state index in [2.05, 4.69) is 20.3 Å². The van der Waals surface area contributed by atoms with Crippen molar-refractivity contribution >= 4 is 24.1 Å². The van der Waals surface area contributed by atoms with Crippen LogP contribution in [-0.4, -0.2) is 62.9 Å². The van der Waals surface area contributed by atoms with Crippen LogP contribution in [0.1, 0.15) is 28.9 Å². The van der Waals surface area contributed by atoms with E-state index in [-0.39, 0.29) is 30.1 Å². The number of amides is 2. The third-order valence-electron chi connectivity index (χ3n) is 5.79. The molecule has 10 heteroatoms. The number of rotatable bonds is 5. The number of likely N-dealkylation sites (tertiary alicyclic amines) is 1. The number of H-pyrrole nitrogens is 1. The van der Waals surface area contributed by atoms with Gasteiger partial charge in [-0.3, -0.25) is 14.4 Å². The molecule has 2 aromatic rings. The number of anilines is 1. The van der Waals surface area contributed by atoms with Crippen molar-refractivity contribution in [3.05, 3.63) is 42.1 Å². The molecule has 3 heterocycles. The molecule has 2 amide bonds. The minimum Gasteiger partial charge on any atom is -0.483 e. The summed E-state index contributed by atoms with van der Waals surface area (Å²) in [5.41, 5.74) is 7.14. The average Bonchev–Trinajstić information content (AvgIpc) is 3.23. The van der Waals surface area contributed by atoms with E-state index in [0.29, 0.717) is 30.4 Å². The lowest BCUT2D eigenvalue weighted by molar-refractivity contribution is -0.136. The number of imidazole rings is 1. The van der Waals surface area contributed by atoms with Crippen molar-refractivity contribution in [1.82, 2.24) is 25.2 Å². The van der Waals surface area contributed by atoms with Gasteiger partial charge in [0.2, 0.25) is 5.91 Å². The molecule has 1 aliphatic heterocycles. The summed E-state index contributed by atoms with van der Waals surface area (Å²) in [4.78, 5) is 46.4. The summed E-state index contributed by atoms with van der Waals surface area (Å²) in [6, 6.07) is 3.34. The summed E-state index contributed by atoms with van der Waals surface area (Å²) < 4.78 is 0. The Hall–Kier alpha value is -3.43. The van der Waals surface area contributed by atoms with Gasteiger partial charge in [0.15, 0.2) is 0 Å². The number of hydrogen-bond donors (Lipinski definition) is 4. The first kappa shape index (κ1) is 21.3. The molecule has 0 radical (unpaired) electrons. The number of aromatic amines is 1. The van der Waals surface area contributed by atoms with Crippen LogP contribution in [0.15, 0.2) is 30.9 Å². The molecule has 2 aromatic heterocycles. The summed E-state index contributed by atoms with van der Waals surface area (Å²) in [5, 5.41) is 9.91. The number of fused-ring (bicyclic) bond motifs is 1. The zero-order valence-electron chi connectivity index (χ0n) is 16.5. The first-order chi connectivity index (χ1) is 14.5. The molecule has 30 heavy (non-hydrogen) atoms. The minimum absolute atomic E-state index is 0.00286. The normalized spacial score (nSPS) is 22.0. The molecule has 10 nitrogen and oxygen atoms in total. The van der Waals surface area contributed by atoms with Gasteiger partial charge in [0.25, 0.3) is 12.4 Å². The Balaban J connectivity index is 0.000000806. The first-order valence-electron chi connectivity index (χ1n) is 9.87. The second-order valence-electron chi connectivity index (χ2n) is 7.50. The number of aromatic nitrogens is 3. The maximum absolute atomic E-state index is 12.7. The van der Waals surface area contributed by atoms with Crippen LogP contribution in [0, 0.1) is 17.8 Å². The Morgan fingerprint density at radius 1 is 1.37 bits per heavy atom. The molecule has 1 saturated heterocycles. The van der Waals surface area contributed by atoms with Gasteiger partial charge in [-0.2, -0.15) is 0 Å². The molecule has 2 aliphatic rings. The predicted octanol–water partition coefficient (Wildman–Crippen LogP) is 0.545. The van der Waals surface area contributed by atoms with E-state index < -0.39 is 0 Å². The van der Waals surface area contributed by atoms with Crippen LogP contribution in [0.2, 0.25) is 0 Å². The highest BCUT2D eigenvalue weighted by molar-refractivity contribution is 5.94. The number of nitrogens with one attached hydrogen (secondary N) is 2. The second-order valence-corrected chi connectivity index (χ2v) is 7.50. The Labute approximate surface area is 173 Å². The summed E-state index contributed by atoms with van der Waals surface area (Å²) in [5.74, 6) is 1.25. The van der Waals surface area contributed by atoms with Crippen molar-refractivity contribution in [2.45, 2.75) is 19.3 Å². The number of pyridine rings is 1. The maximum atomic E-state index is 12.7. The fraction of sp³-hybridized carbons (Fsp3) is 0.450. The molecular weight excluding hydrogens is 388 g/mol. The summed E-state index contributed by atoms with van der Waals surface area (Å²) in [6.07, 6.45) is 7.54. The highest BCUT2D eigenvalue weighted by atomic mass is 16.3. The molecule has 0 spiro atoms. The lowest BCUT2D eigenvalue weighted by Gasteiger charge is -2.50. The van der Waals surface area contributed by atoms with Gasteiger partial charge in [0.05, 0.1) is 11.9 Å². The monoisotopic (exact) mass is 414 g/mol. The van der Waals surface area contributed by atoms with E-state index in [1.807, 2.05) is 4.90 Å². The molecule has 4 rings (SSSR count). The van der Waals surface area contributed by atoms with Gasteiger partial charge in [-0.05, 0) is 36.8 Å². The van der Waals surface area contributed by atoms with Crippen molar-refractivity contribution in [2.24, 2.45) is 17.8 Å². The smallest absolute Gasteiger partial charge is 0.290 e. The number of nitrogen functional groups attached to an aromatic ring is 1. The highest BCUT2D eigenvalue weighted by Gasteiger charge is 2.48. The Morgan fingerprint density at radius 3 is 2.83 bits per heavy atom. The zero-order chi connectivity index (χ0) is 21.5. The first-order valence-corrected chi connectivity index (χ1v) is 9.87. The van der Waals surface area contributed by atoms with E-state index >= 15 is 0 Å². The topological polar surface area (TPSA) is 154 Å². The van der Waals surface area contributed by atoms with E-state index in [4.69, 9.17) is 15.6 Å². The lowest BCUT2D eigenvalue weighted by atomic mass is 9.61. The molecule has 0 bridgehead atoms. The van der Waals surface area contributed by atoms with E-state index in [1.54, 1.807) is 24.7 Å². The molecular formula is C20H26N6O4. The van der Waals surface area contributed by atoms with Crippen LogP contribution in [0.5, 0.6) is 0 Å². The molecule has 2 fully saturated rings. The predicted molar refractivity (Wildman–Crippen MR) is 108 cm³/mol. The van der Waals surface area contributed by atoms with E-state index in [9.17, 15) is 9.59 Å². The number of hydrogen-bond acceptors (Lipinski definition) is 6. The quantitative estimate of drug-likeness (QED) is 0.521. The van der Waals surface area contributed by atoms with Gasteiger partial charge in [0, 0.05) is 50.1 Å². The third-order valence-corrected chi connectivity index (χ3v) is 5.79. The number of nitrogens with two attached hydrogens (primary N) is 1. The van der Waals surface area contributed by atoms with Crippen LogP contribution in [0.4, 0.5) is 5.82 Å². The van der Waals surface area contributed by atoms with Crippen LogP contribution in [0.25, 0.3) is 0 Å². The summed E-state index contributed by atoms with van der Waals surface area (Å²) in [6.45, 7) is 1.71. The number of carbonyl (C=O) groups excluding carboxylic acids is 2. The molecule has 5 N–H and O–H groups in total. The summed E-state index contributed by atoms with van der Waals surface area (Å²) in [7, 11) is 0. The van der Waals surface area contributed by atoms with Crippen molar-refractivity contribution < 1.29 is 19.5 Å². The second kappa shape index (κ2) is 9.86. The van der Waals surface area contributed by atoms with Crippen LogP contribution in [0.3, 0.4) is 0 Å². The zero-order valence-corrected chi connectivity index (χ0v) is 16.5. The van der Waals surface area contributed by atoms with Crippen LogP contribution >= 0.6 is 0 Å². The van der Waals surface area contributed by atoms with Crippen molar-refractivity contribution in [3.8, 4) is 0 Å². The van der Waals surface area contributed by atoms with Crippen molar-refractivity contribution in [1.29, 1.82) is 0 Å². The van der Waals surface area contributed by atoms with Gasteiger partial charge in [-0.1, -0.05) is 0 Å². The molecule has 160 valence electrons. The third kappa shape index (κ3) is 4.94. The van der Waals surface area contributed by atoms with E-state index in [0.717, 1.165) is 31.5 Å². The molecule has 0 aromatic carbocycles. The standard InChI is InChI=1S/C19H24N6O2.CH2O2/c20-17-2-1-13(8-23-17)19(27)25-6-4-12-7-15(16(12)10-25)18(26)22-5-3-14-9-21-11-24-14;2-1-3/h1-2,8-9,11-12,15-16H,3-7,10H2,(H2,20,23)(H,21,24)(H,22,26);1H,(H,2,3)/t12-,15-,16-;/m1./s1. The van der Waals surface area contributed by atoms with Crippen molar-refractivity contribution in [2.75, 3.05) is 25.4 Å². The van der Waals surface area contributed by atoms with Crippen LogP contribution < -0.4 is 11.1 Å². The molecule has 0 unspecified atom stereocenters. The molecule has 3 atom stereocenters. The molecule has 1 saturated carbocycles. The largest absolute Gasteiger partial charge is 0.483 e. The Kier molecular flexibility index (Phi) is 6.99. The fourth-order valence-corrected chi connectivity index (χ4v) is 4.16. The fourth-order valence-electron chi connectivity index (χ4n) is 4.16. The number of carbonyl (C=O) groups is 3. The number of nitrogens with zero attached hydrogens (tertiary/aromatic N) is 3. The Morgan fingerprint density at radius 2 is 2.17 bits per heavy atom. The van der Waals surface area contributed by atoms with Gasteiger partial charge in [-0.25, -0.2) is 9.97 Å². The lowest BCUT2D eigenvalue weighted by Crippen LogP contribution is -2.56. The van der Waals surface area contributed by atoms with Crippen LogP contribution in [-0.2, 0) is 16.0 Å². The molecule has 1 aliphatic carbocycles. The number of carboxylic acid groups (broad SMARTS) is 1. The maximum Gasteiger partial charge on any atom is 0.290 e. The van der Waals surface area contributed by atoms with E-state index in [1.165, 1.54) is 6.20 Å². The Bertz CT molecular complexity index is 855. The highest BCUT2D eigenvalue weighted by Crippen LogP contribution is 2.45. The van der Waals surface area contributed by atoms with Gasteiger partial charge in [-0.15, -0.1) is 0 Å². The number of piperidine rings is 1. The van der Waals surface area contributed by atoms with Gasteiger partial charge < -0.3 is 26.0 Å². The van der Waals surface area contributed by atoms with Gasteiger partial charge in [0.1, 0.15) is 5.82 Å². The average molecular weight is 414 g/mol.